The molecule has 1 amide bonds. The lowest BCUT2D eigenvalue weighted by Gasteiger charge is -2.01. The van der Waals surface area contributed by atoms with Gasteiger partial charge in [0.05, 0.1) is 12.2 Å². The molecule has 0 aliphatic rings. The highest BCUT2D eigenvalue weighted by atomic mass is 16.5. The number of hydrogen-bond donors (Lipinski definition) is 2. The molecule has 0 fully saturated rings. The Bertz CT molecular complexity index is 467. The normalized spacial score (nSPS) is 10.4. The minimum Gasteiger partial charge on any atom is -0.361 e. The smallest absolute Gasteiger partial charge is 0.257 e. The van der Waals surface area contributed by atoms with Crippen molar-refractivity contribution in [1.29, 1.82) is 0 Å². The summed E-state index contributed by atoms with van der Waals surface area (Å²) in [4.78, 5) is 18.7. The van der Waals surface area contributed by atoms with Crippen molar-refractivity contribution in [3.8, 4) is 0 Å². The van der Waals surface area contributed by atoms with Crippen LogP contribution < -0.4 is 5.32 Å². The largest absolute Gasteiger partial charge is 0.361 e. The van der Waals surface area contributed by atoms with Crippen LogP contribution in [0.5, 0.6) is 0 Å². The number of rotatable bonds is 3. The first kappa shape index (κ1) is 10.4. The van der Waals surface area contributed by atoms with Crippen molar-refractivity contribution in [3.63, 3.8) is 0 Å². The Balaban J connectivity index is 2.04. The van der Waals surface area contributed by atoms with Crippen molar-refractivity contribution in [1.82, 2.24) is 20.4 Å². The number of carbonyl (C=O) groups is 1. The van der Waals surface area contributed by atoms with Gasteiger partial charge in [0.25, 0.3) is 5.91 Å². The maximum absolute atomic E-state index is 11.8. The van der Waals surface area contributed by atoms with Crippen LogP contribution in [0.4, 0.5) is 0 Å². The van der Waals surface area contributed by atoms with E-state index in [1.54, 1.807) is 26.2 Å². The van der Waals surface area contributed by atoms with Gasteiger partial charge in [0.1, 0.15) is 17.1 Å². The van der Waals surface area contributed by atoms with Crippen LogP contribution in [0.1, 0.15) is 27.6 Å². The topological polar surface area (TPSA) is 83.8 Å². The molecule has 6 heteroatoms. The van der Waals surface area contributed by atoms with Crippen LogP contribution in [0.3, 0.4) is 0 Å². The minimum absolute atomic E-state index is 0.201. The third-order valence-corrected chi connectivity index (χ3v) is 2.23. The number of nitrogens with one attached hydrogen (secondary N) is 2. The number of hydrogen-bond acceptors (Lipinski definition) is 4. The summed E-state index contributed by atoms with van der Waals surface area (Å²) < 4.78 is 4.92. The van der Waals surface area contributed by atoms with Crippen LogP contribution in [0.25, 0.3) is 0 Å². The second kappa shape index (κ2) is 4.18. The van der Waals surface area contributed by atoms with Gasteiger partial charge in [-0.05, 0) is 13.8 Å². The van der Waals surface area contributed by atoms with Crippen molar-refractivity contribution in [2.75, 3.05) is 0 Å². The fourth-order valence-corrected chi connectivity index (χ4v) is 1.45. The van der Waals surface area contributed by atoms with Gasteiger partial charge in [-0.25, -0.2) is 4.98 Å². The molecule has 2 aromatic heterocycles. The molecule has 0 aliphatic heterocycles. The van der Waals surface area contributed by atoms with Crippen molar-refractivity contribution < 1.29 is 9.32 Å². The summed E-state index contributed by atoms with van der Waals surface area (Å²) in [6.07, 6.45) is 3.34. The van der Waals surface area contributed by atoms with Gasteiger partial charge in [-0.1, -0.05) is 5.16 Å². The van der Waals surface area contributed by atoms with Gasteiger partial charge in [-0.2, -0.15) is 0 Å². The van der Waals surface area contributed by atoms with E-state index in [-0.39, 0.29) is 5.91 Å². The number of carbonyl (C=O) groups excluding carboxylic acids is 1. The van der Waals surface area contributed by atoms with Crippen molar-refractivity contribution in [3.05, 3.63) is 35.2 Å². The molecule has 2 aromatic rings. The van der Waals surface area contributed by atoms with Gasteiger partial charge in [0, 0.05) is 12.4 Å². The van der Waals surface area contributed by atoms with E-state index in [2.05, 4.69) is 20.4 Å². The van der Waals surface area contributed by atoms with E-state index in [9.17, 15) is 4.79 Å². The number of aryl methyl sites for hydroxylation is 2. The van der Waals surface area contributed by atoms with Crippen LogP contribution in [0.15, 0.2) is 16.9 Å². The van der Waals surface area contributed by atoms with Crippen LogP contribution in [0, 0.1) is 13.8 Å². The SMILES string of the molecule is Cc1noc(C)c1C(=O)NCc1ncc[nH]1. The Labute approximate surface area is 92.1 Å². The summed E-state index contributed by atoms with van der Waals surface area (Å²) in [7, 11) is 0. The first-order valence-electron chi connectivity index (χ1n) is 4.88. The molecular weight excluding hydrogens is 208 g/mol. The van der Waals surface area contributed by atoms with E-state index in [0.717, 1.165) is 0 Å². The first-order valence-corrected chi connectivity index (χ1v) is 4.88. The van der Waals surface area contributed by atoms with Gasteiger partial charge in [0.15, 0.2) is 0 Å². The molecule has 0 aliphatic carbocycles. The third kappa shape index (κ3) is 1.95. The molecule has 0 bridgehead atoms. The molecular formula is C10H12N4O2. The lowest BCUT2D eigenvalue weighted by atomic mass is 10.2. The van der Waals surface area contributed by atoms with Gasteiger partial charge in [-0.3, -0.25) is 4.79 Å². The van der Waals surface area contributed by atoms with E-state index < -0.39 is 0 Å². The van der Waals surface area contributed by atoms with Crippen LogP contribution in [0.2, 0.25) is 0 Å². The average Bonchev–Trinajstić information content (AvgIpc) is 2.86. The second-order valence-corrected chi connectivity index (χ2v) is 3.42. The number of imidazole rings is 1. The summed E-state index contributed by atoms with van der Waals surface area (Å²) in [6.45, 7) is 3.80. The predicted octanol–water partition coefficient (Wildman–Crippen LogP) is 0.945. The van der Waals surface area contributed by atoms with E-state index in [1.807, 2.05) is 0 Å². The summed E-state index contributed by atoms with van der Waals surface area (Å²) in [5, 5.41) is 6.46. The molecule has 2 rings (SSSR count). The zero-order valence-electron chi connectivity index (χ0n) is 9.07. The summed E-state index contributed by atoms with van der Waals surface area (Å²) in [5.41, 5.74) is 1.08. The monoisotopic (exact) mass is 220 g/mol. The fraction of sp³-hybridized carbons (Fsp3) is 0.300. The van der Waals surface area contributed by atoms with Crippen molar-refractivity contribution >= 4 is 5.91 Å². The quantitative estimate of drug-likeness (QED) is 0.806. The number of aromatic nitrogens is 3. The van der Waals surface area contributed by atoms with Crippen LogP contribution >= 0.6 is 0 Å². The van der Waals surface area contributed by atoms with E-state index in [0.29, 0.717) is 29.4 Å². The highest BCUT2D eigenvalue weighted by Gasteiger charge is 2.16. The maximum atomic E-state index is 11.8. The second-order valence-electron chi connectivity index (χ2n) is 3.42. The number of amides is 1. The molecule has 6 nitrogen and oxygen atoms in total. The standard InChI is InChI=1S/C10H12N4O2/c1-6-9(7(2)16-14-6)10(15)13-5-8-11-3-4-12-8/h3-4H,5H2,1-2H3,(H,11,12)(H,13,15). The highest BCUT2D eigenvalue weighted by molar-refractivity contribution is 5.95. The number of H-pyrrole nitrogens is 1. The van der Waals surface area contributed by atoms with E-state index in [1.165, 1.54) is 0 Å². The highest BCUT2D eigenvalue weighted by Crippen LogP contribution is 2.11. The van der Waals surface area contributed by atoms with E-state index >= 15 is 0 Å². The molecule has 0 saturated carbocycles. The Kier molecular flexibility index (Phi) is 2.72. The van der Waals surface area contributed by atoms with Gasteiger partial charge in [-0.15, -0.1) is 0 Å². The number of aromatic amines is 1. The zero-order chi connectivity index (χ0) is 11.5. The Morgan fingerprint density at radius 3 is 2.94 bits per heavy atom. The van der Waals surface area contributed by atoms with Gasteiger partial charge >= 0.3 is 0 Å². The number of nitrogens with zero attached hydrogens (tertiary/aromatic N) is 2. The lowest BCUT2D eigenvalue weighted by molar-refractivity contribution is 0.0948. The molecule has 0 atom stereocenters. The Morgan fingerprint density at radius 1 is 1.56 bits per heavy atom. The molecule has 0 saturated heterocycles. The molecule has 0 spiro atoms. The Hall–Kier alpha value is -2.11. The molecule has 16 heavy (non-hydrogen) atoms. The first-order chi connectivity index (χ1) is 7.68. The van der Waals surface area contributed by atoms with Crippen molar-refractivity contribution in [2.45, 2.75) is 20.4 Å². The van der Waals surface area contributed by atoms with Crippen LogP contribution in [-0.2, 0) is 6.54 Å². The average molecular weight is 220 g/mol. The van der Waals surface area contributed by atoms with E-state index in [4.69, 9.17) is 4.52 Å². The predicted molar refractivity (Wildman–Crippen MR) is 55.7 cm³/mol. The van der Waals surface area contributed by atoms with Gasteiger partial charge < -0.3 is 14.8 Å². The minimum atomic E-state index is -0.201. The summed E-state index contributed by atoms with van der Waals surface area (Å²) in [5.74, 6) is 1.03. The maximum Gasteiger partial charge on any atom is 0.257 e. The van der Waals surface area contributed by atoms with Crippen LogP contribution in [-0.4, -0.2) is 21.0 Å². The van der Waals surface area contributed by atoms with Gasteiger partial charge in [0.2, 0.25) is 0 Å². The molecule has 0 unspecified atom stereocenters. The third-order valence-electron chi connectivity index (χ3n) is 2.23. The zero-order valence-corrected chi connectivity index (χ0v) is 9.07. The molecule has 2 N–H and O–H groups in total. The molecule has 0 radical (unpaired) electrons. The fourth-order valence-electron chi connectivity index (χ4n) is 1.45. The lowest BCUT2D eigenvalue weighted by Crippen LogP contribution is -2.24. The summed E-state index contributed by atoms with van der Waals surface area (Å²) in [6, 6.07) is 0. The molecule has 0 aromatic carbocycles. The summed E-state index contributed by atoms with van der Waals surface area (Å²) >= 11 is 0. The van der Waals surface area contributed by atoms with Crippen molar-refractivity contribution in [2.24, 2.45) is 0 Å². The molecule has 84 valence electrons. The molecule has 2 heterocycles. The Morgan fingerprint density at radius 2 is 2.38 bits per heavy atom.